The van der Waals surface area contributed by atoms with Gasteiger partial charge in [0.1, 0.15) is 0 Å². The van der Waals surface area contributed by atoms with Gasteiger partial charge in [-0.25, -0.2) is 9.97 Å². The maximum atomic E-state index is 12.9. The zero-order valence-corrected chi connectivity index (χ0v) is 15.1. The fourth-order valence-corrected chi connectivity index (χ4v) is 3.45. The third kappa shape index (κ3) is 3.28. The van der Waals surface area contributed by atoms with E-state index >= 15 is 0 Å². The minimum Gasteiger partial charge on any atom is -0.333 e. The second-order valence-electron chi connectivity index (χ2n) is 6.82. The van der Waals surface area contributed by atoms with Crippen LogP contribution in [-0.2, 0) is 19.3 Å². The van der Waals surface area contributed by atoms with Crippen molar-refractivity contribution in [2.45, 2.75) is 19.3 Å². The summed E-state index contributed by atoms with van der Waals surface area (Å²) in [4.78, 5) is 15.3. The van der Waals surface area contributed by atoms with Crippen LogP contribution in [0.25, 0.3) is 22.2 Å². The number of benzene rings is 1. The van der Waals surface area contributed by atoms with Crippen molar-refractivity contribution in [3.05, 3.63) is 66.2 Å². The third-order valence-corrected chi connectivity index (χ3v) is 4.90. The molecule has 29 heavy (non-hydrogen) atoms. The van der Waals surface area contributed by atoms with Crippen LogP contribution >= 0.6 is 0 Å². The number of rotatable bonds is 2. The van der Waals surface area contributed by atoms with E-state index in [9.17, 15) is 13.2 Å². The normalized spacial score (nSPS) is 14.2. The van der Waals surface area contributed by atoms with Crippen molar-refractivity contribution in [2.75, 3.05) is 11.4 Å². The predicted molar refractivity (Wildman–Crippen MR) is 101 cm³/mol. The molecule has 0 unspecified atom stereocenters. The minimum absolute atomic E-state index is 0.266. The highest BCUT2D eigenvalue weighted by Crippen LogP contribution is 2.30. The number of hydrogen-bond acceptors (Lipinski definition) is 5. The number of alkyl halides is 3. The van der Waals surface area contributed by atoms with E-state index in [0.717, 1.165) is 22.5 Å². The van der Waals surface area contributed by atoms with Crippen LogP contribution in [0, 0.1) is 0 Å². The first kappa shape index (κ1) is 17.6. The standard InChI is InChI=1S/C20H15F3N6/c21-20(22,23)18-10-15-12-28(7-8-29(15)27-18)19-24-6-5-17(26-19)14-9-13-3-1-2-4-16(13)25-11-14/h1-6,9-11H,7-8,12H2. The Labute approximate surface area is 163 Å². The molecule has 4 heterocycles. The second kappa shape index (κ2) is 6.54. The molecule has 0 saturated carbocycles. The van der Waals surface area contributed by atoms with E-state index in [4.69, 9.17) is 0 Å². The largest absolute Gasteiger partial charge is 0.435 e. The van der Waals surface area contributed by atoms with Crippen LogP contribution in [0.1, 0.15) is 11.4 Å². The molecule has 0 fully saturated rings. The first-order valence-corrected chi connectivity index (χ1v) is 9.04. The molecule has 0 atom stereocenters. The van der Waals surface area contributed by atoms with Crippen molar-refractivity contribution >= 4 is 16.9 Å². The number of halogens is 3. The summed E-state index contributed by atoms with van der Waals surface area (Å²) in [6.07, 6.45) is -1.04. The number of nitrogens with zero attached hydrogens (tertiary/aromatic N) is 6. The average molecular weight is 396 g/mol. The highest BCUT2D eigenvalue weighted by atomic mass is 19.4. The lowest BCUT2D eigenvalue weighted by Crippen LogP contribution is -2.35. The van der Waals surface area contributed by atoms with E-state index in [1.165, 1.54) is 4.68 Å². The van der Waals surface area contributed by atoms with Gasteiger partial charge in [0.15, 0.2) is 5.69 Å². The summed E-state index contributed by atoms with van der Waals surface area (Å²) in [5.74, 6) is 0.469. The molecule has 4 aromatic rings. The summed E-state index contributed by atoms with van der Waals surface area (Å²) in [5.41, 5.74) is 2.09. The van der Waals surface area contributed by atoms with Crippen molar-refractivity contribution in [1.82, 2.24) is 24.7 Å². The molecule has 0 amide bonds. The Morgan fingerprint density at radius 2 is 1.83 bits per heavy atom. The topological polar surface area (TPSA) is 59.7 Å². The lowest BCUT2D eigenvalue weighted by atomic mass is 10.1. The monoisotopic (exact) mass is 396 g/mol. The summed E-state index contributed by atoms with van der Waals surface area (Å²) < 4.78 is 40.2. The number of aromatic nitrogens is 5. The van der Waals surface area contributed by atoms with Crippen molar-refractivity contribution in [3.8, 4) is 11.3 Å². The van der Waals surface area contributed by atoms with Crippen LogP contribution in [0.3, 0.4) is 0 Å². The molecule has 1 aromatic carbocycles. The zero-order chi connectivity index (χ0) is 20.0. The Balaban J connectivity index is 1.44. The molecule has 0 saturated heterocycles. The Morgan fingerprint density at radius 1 is 0.966 bits per heavy atom. The molecule has 6 nitrogen and oxygen atoms in total. The molecule has 146 valence electrons. The van der Waals surface area contributed by atoms with Gasteiger partial charge >= 0.3 is 6.18 Å². The minimum atomic E-state index is -4.45. The van der Waals surface area contributed by atoms with E-state index in [2.05, 4.69) is 20.1 Å². The molecule has 1 aliphatic heterocycles. The van der Waals surface area contributed by atoms with Crippen molar-refractivity contribution in [3.63, 3.8) is 0 Å². The van der Waals surface area contributed by atoms with Crippen LogP contribution in [0.2, 0.25) is 0 Å². The van der Waals surface area contributed by atoms with Gasteiger partial charge in [0.25, 0.3) is 0 Å². The van der Waals surface area contributed by atoms with E-state index in [-0.39, 0.29) is 6.54 Å². The lowest BCUT2D eigenvalue weighted by Gasteiger charge is -2.27. The smallest absolute Gasteiger partial charge is 0.333 e. The quantitative estimate of drug-likeness (QED) is 0.514. The molecular weight excluding hydrogens is 381 g/mol. The third-order valence-electron chi connectivity index (χ3n) is 4.90. The van der Waals surface area contributed by atoms with Crippen LogP contribution in [0.15, 0.2) is 54.9 Å². The number of para-hydroxylation sites is 1. The van der Waals surface area contributed by atoms with E-state index in [1.54, 1.807) is 18.5 Å². The van der Waals surface area contributed by atoms with Crippen molar-refractivity contribution < 1.29 is 13.2 Å². The molecular formula is C20H15F3N6. The SMILES string of the molecule is FC(F)(F)c1cc2n(n1)CCN(c1nccc(-c3cnc4ccccc4c3)n1)C2. The van der Waals surface area contributed by atoms with Crippen LogP contribution in [-0.4, -0.2) is 31.3 Å². The lowest BCUT2D eigenvalue weighted by molar-refractivity contribution is -0.141. The fourth-order valence-electron chi connectivity index (χ4n) is 3.45. The molecule has 5 rings (SSSR count). The van der Waals surface area contributed by atoms with Gasteiger partial charge < -0.3 is 4.90 Å². The first-order valence-electron chi connectivity index (χ1n) is 9.04. The summed E-state index contributed by atoms with van der Waals surface area (Å²) >= 11 is 0. The number of anilines is 1. The van der Waals surface area contributed by atoms with Crippen LogP contribution in [0.4, 0.5) is 19.1 Å². The summed E-state index contributed by atoms with van der Waals surface area (Å²) in [7, 11) is 0. The molecule has 1 aliphatic rings. The fraction of sp³-hybridized carbons (Fsp3) is 0.200. The van der Waals surface area contributed by atoms with Crippen LogP contribution in [0.5, 0.6) is 0 Å². The van der Waals surface area contributed by atoms with Gasteiger partial charge in [-0.15, -0.1) is 0 Å². The van der Waals surface area contributed by atoms with Gasteiger partial charge in [-0.05, 0) is 24.3 Å². The van der Waals surface area contributed by atoms with Gasteiger partial charge in [-0.1, -0.05) is 18.2 Å². The zero-order valence-electron chi connectivity index (χ0n) is 15.1. The van der Waals surface area contributed by atoms with Gasteiger partial charge in [0.05, 0.1) is 30.0 Å². The van der Waals surface area contributed by atoms with E-state index in [1.807, 2.05) is 35.2 Å². The Morgan fingerprint density at radius 3 is 2.69 bits per heavy atom. The van der Waals surface area contributed by atoms with E-state index in [0.29, 0.717) is 30.4 Å². The molecule has 9 heteroatoms. The molecule has 3 aromatic heterocycles. The Bertz CT molecular complexity index is 1200. The average Bonchev–Trinajstić information content (AvgIpc) is 3.17. The summed E-state index contributed by atoms with van der Waals surface area (Å²) in [6.45, 7) is 1.09. The maximum Gasteiger partial charge on any atom is 0.435 e. The van der Waals surface area contributed by atoms with Gasteiger partial charge in [-0.3, -0.25) is 9.67 Å². The first-order chi connectivity index (χ1) is 14.0. The van der Waals surface area contributed by atoms with Crippen molar-refractivity contribution in [2.24, 2.45) is 0 Å². The Kier molecular flexibility index (Phi) is 3.97. The molecule has 0 bridgehead atoms. The van der Waals surface area contributed by atoms with Crippen LogP contribution < -0.4 is 4.90 Å². The highest BCUT2D eigenvalue weighted by Gasteiger charge is 2.36. The van der Waals surface area contributed by atoms with Gasteiger partial charge in [0, 0.05) is 29.9 Å². The highest BCUT2D eigenvalue weighted by molar-refractivity contribution is 5.82. The molecule has 0 N–H and O–H groups in total. The predicted octanol–water partition coefficient (Wildman–Crippen LogP) is 3.93. The molecule has 0 aliphatic carbocycles. The second-order valence-corrected chi connectivity index (χ2v) is 6.82. The Hall–Kier alpha value is -3.49. The maximum absolute atomic E-state index is 12.9. The summed E-state index contributed by atoms with van der Waals surface area (Å²) in [6, 6.07) is 12.7. The van der Waals surface area contributed by atoms with Crippen molar-refractivity contribution in [1.29, 1.82) is 0 Å². The number of fused-ring (bicyclic) bond motifs is 2. The summed E-state index contributed by atoms with van der Waals surface area (Å²) in [5, 5.41) is 4.67. The van der Waals surface area contributed by atoms with E-state index < -0.39 is 11.9 Å². The number of pyridine rings is 1. The number of hydrogen-bond donors (Lipinski definition) is 0. The molecule has 0 spiro atoms. The van der Waals surface area contributed by atoms with Gasteiger partial charge in [-0.2, -0.15) is 18.3 Å². The van der Waals surface area contributed by atoms with Gasteiger partial charge in [0.2, 0.25) is 5.95 Å². The molecule has 0 radical (unpaired) electrons.